The predicted molar refractivity (Wildman–Crippen MR) is 75.0 cm³/mol. The van der Waals surface area contributed by atoms with Crippen molar-refractivity contribution < 1.29 is 9.59 Å². The van der Waals surface area contributed by atoms with E-state index in [4.69, 9.17) is 0 Å². The number of likely N-dealkylation sites (tertiary alicyclic amines) is 1. The van der Waals surface area contributed by atoms with Crippen LogP contribution in [0, 0.1) is 0 Å². The number of hydrogen-bond acceptors (Lipinski definition) is 2. The molecule has 1 aliphatic heterocycles. The van der Waals surface area contributed by atoms with E-state index in [1.165, 1.54) is 5.56 Å². The third-order valence-electron chi connectivity index (χ3n) is 3.34. The molecule has 1 saturated heterocycles. The number of anilines is 1. The summed E-state index contributed by atoms with van der Waals surface area (Å²) in [5.74, 6) is 0.374. The Bertz CT molecular complexity index is 483. The lowest BCUT2D eigenvalue weighted by molar-refractivity contribution is -0.131. The van der Waals surface area contributed by atoms with E-state index in [0.29, 0.717) is 18.9 Å². The number of carbonyl (C=O) groups is 2. The van der Waals surface area contributed by atoms with Gasteiger partial charge in [-0.15, -0.1) is 0 Å². The Morgan fingerprint density at radius 2 is 2.21 bits per heavy atom. The highest BCUT2D eigenvalue weighted by Gasteiger charge is 2.22. The Morgan fingerprint density at radius 3 is 2.84 bits per heavy atom. The third kappa shape index (κ3) is 3.56. The molecule has 0 spiro atoms. The predicted octanol–water partition coefficient (Wildman–Crippen LogP) is 2.37. The lowest BCUT2D eigenvalue weighted by Crippen LogP contribution is -2.33. The standard InChI is InChI=1S/C15H20N2O2/c1-11(2)12-5-3-6-13(9-12)16-14(18)10-17-8-4-7-15(17)19/h3,5-6,9,11H,4,7-8,10H2,1-2H3,(H,16,18). The Labute approximate surface area is 113 Å². The van der Waals surface area contributed by atoms with Crippen LogP contribution >= 0.6 is 0 Å². The van der Waals surface area contributed by atoms with Crippen LogP contribution in [-0.2, 0) is 9.59 Å². The van der Waals surface area contributed by atoms with Crippen LogP contribution in [0.25, 0.3) is 0 Å². The summed E-state index contributed by atoms with van der Waals surface area (Å²) in [7, 11) is 0. The highest BCUT2D eigenvalue weighted by molar-refractivity contribution is 5.94. The first-order valence-electron chi connectivity index (χ1n) is 6.74. The first-order valence-corrected chi connectivity index (χ1v) is 6.74. The number of carbonyl (C=O) groups excluding carboxylic acids is 2. The number of amides is 2. The van der Waals surface area contributed by atoms with Crippen molar-refractivity contribution >= 4 is 17.5 Å². The maximum Gasteiger partial charge on any atom is 0.243 e. The van der Waals surface area contributed by atoms with Crippen molar-refractivity contribution in [2.24, 2.45) is 0 Å². The first kappa shape index (κ1) is 13.6. The minimum Gasteiger partial charge on any atom is -0.333 e. The van der Waals surface area contributed by atoms with E-state index in [-0.39, 0.29) is 18.4 Å². The van der Waals surface area contributed by atoms with Gasteiger partial charge in [0.15, 0.2) is 0 Å². The van der Waals surface area contributed by atoms with E-state index < -0.39 is 0 Å². The molecule has 1 aromatic carbocycles. The van der Waals surface area contributed by atoms with E-state index in [0.717, 1.165) is 12.1 Å². The molecule has 19 heavy (non-hydrogen) atoms. The van der Waals surface area contributed by atoms with Gasteiger partial charge in [-0.25, -0.2) is 0 Å². The molecule has 0 radical (unpaired) electrons. The zero-order valence-corrected chi connectivity index (χ0v) is 11.5. The minimum absolute atomic E-state index is 0.0751. The molecule has 0 saturated carbocycles. The van der Waals surface area contributed by atoms with Gasteiger partial charge in [0.05, 0.1) is 6.54 Å². The van der Waals surface area contributed by atoms with Gasteiger partial charge < -0.3 is 10.2 Å². The van der Waals surface area contributed by atoms with Crippen molar-refractivity contribution in [1.82, 2.24) is 4.90 Å². The zero-order chi connectivity index (χ0) is 13.8. The van der Waals surface area contributed by atoms with Gasteiger partial charge in [-0.05, 0) is 30.0 Å². The van der Waals surface area contributed by atoms with Crippen LogP contribution in [0.5, 0.6) is 0 Å². The molecule has 1 aliphatic rings. The molecule has 0 aliphatic carbocycles. The van der Waals surface area contributed by atoms with Crippen LogP contribution < -0.4 is 5.32 Å². The summed E-state index contributed by atoms with van der Waals surface area (Å²) in [6.45, 7) is 5.08. The Kier molecular flexibility index (Phi) is 4.20. The highest BCUT2D eigenvalue weighted by atomic mass is 16.2. The summed E-state index contributed by atoms with van der Waals surface area (Å²) in [6.07, 6.45) is 1.42. The van der Waals surface area contributed by atoms with Crippen molar-refractivity contribution in [2.75, 3.05) is 18.4 Å². The average molecular weight is 260 g/mol. The maximum atomic E-state index is 11.9. The van der Waals surface area contributed by atoms with Gasteiger partial charge >= 0.3 is 0 Å². The first-order chi connectivity index (χ1) is 9.06. The van der Waals surface area contributed by atoms with E-state index >= 15 is 0 Å². The Morgan fingerprint density at radius 1 is 1.42 bits per heavy atom. The van der Waals surface area contributed by atoms with Crippen molar-refractivity contribution in [2.45, 2.75) is 32.6 Å². The Balaban J connectivity index is 1.95. The second-order valence-corrected chi connectivity index (χ2v) is 5.25. The molecule has 1 heterocycles. The quantitative estimate of drug-likeness (QED) is 0.903. The van der Waals surface area contributed by atoms with Gasteiger partial charge in [0.25, 0.3) is 0 Å². The lowest BCUT2D eigenvalue weighted by atomic mass is 10.0. The number of benzene rings is 1. The van der Waals surface area contributed by atoms with Crippen LogP contribution in [0.3, 0.4) is 0 Å². The molecule has 1 N–H and O–H groups in total. The van der Waals surface area contributed by atoms with Crippen LogP contribution in [0.4, 0.5) is 5.69 Å². The van der Waals surface area contributed by atoms with Crippen LogP contribution in [-0.4, -0.2) is 29.8 Å². The molecule has 102 valence electrons. The van der Waals surface area contributed by atoms with Crippen LogP contribution in [0.15, 0.2) is 24.3 Å². The summed E-state index contributed by atoms with van der Waals surface area (Å²) in [6, 6.07) is 7.83. The molecular formula is C15H20N2O2. The van der Waals surface area contributed by atoms with Gasteiger partial charge in [0, 0.05) is 18.7 Å². The topological polar surface area (TPSA) is 49.4 Å². The van der Waals surface area contributed by atoms with Gasteiger partial charge in [-0.3, -0.25) is 9.59 Å². The number of nitrogens with zero attached hydrogens (tertiary/aromatic N) is 1. The van der Waals surface area contributed by atoms with Crippen molar-refractivity contribution in [3.05, 3.63) is 29.8 Å². The van der Waals surface area contributed by atoms with Gasteiger partial charge in [0.1, 0.15) is 0 Å². The fourth-order valence-corrected chi connectivity index (χ4v) is 2.22. The molecule has 2 rings (SSSR count). The minimum atomic E-state index is -0.129. The highest BCUT2D eigenvalue weighted by Crippen LogP contribution is 2.18. The summed E-state index contributed by atoms with van der Waals surface area (Å²) >= 11 is 0. The Hall–Kier alpha value is -1.84. The summed E-state index contributed by atoms with van der Waals surface area (Å²) in [5.41, 5.74) is 1.98. The fourth-order valence-electron chi connectivity index (χ4n) is 2.22. The normalized spacial score (nSPS) is 15.1. The summed E-state index contributed by atoms with van der Waals surface area (Å²) in [4.78, 5) is 25.0. The second-order valence-electron chi connectivity index (χ2n) is 5.25. The number of rotatable bonds is 4. The maximum absolute atomic E-state index is 11.9. The van der Waals surface area contributed by atoms with E-state index in [1.54, 1.807) is 4.90 Å². The molecule has 0 aromatic heterocycles. The molecule has 0 unspecified atom stereocenters. The summed E-state index contributed by atoms with van der Waals surface area (Å²) in [5, 5.41) is 2.85. The molecule has 1 aromatic rings. The summed E-state index contributed by atoms with van der Waals surface area (Å²) < 4.78 is 0. The largest absolute Gasteiger partial charge is 0.333 e. The number of nitrogens with one attached hydrogen (secondary N) is 1. The molecule has 0 atom stereocenters. The van der Waals surface area contributed by atoms with Gasteiger partial charge in [-0.2, -0.15) is 0 Å². The third-order valence-corrected chi connectivity index (χ3v) is 3.34. The van der Waals surface area contributed by atoms with Crippen LogP contribution in [0.2, 0.25) is 0 Å². The molecule has 0 bridgehead atoms. The molecular weight excluding hydrogens is 240 g/mol. The molecule has 4 heteroatoms. The average Bonchev–Trinajstić information content (AvgIpc) is 2.75. The second kappa shape index (κ2) is 5.87. The smallest absolute Gasteiger partial charge is 0.243 e. The van der Waals surface area contributed by atoms with Crippen molar-refractivity contribution in [3.63, 3.8) is 0 Å². The zero-order valence-electron chi connectivity index (χ0n) is 11.5. The SMILES string of the molecule is CC(C)c1cccc(NC(=O)CN2CCCC2=O)c1. The van der Waals surface area contributed by atoms with E-state index in [9.17, 15) is 9.59 Å². The lowest BCUT2D eigenvalue weighted by Gasteiger charge is -2.15. The fraction of sp³-hybridized carbons (Fsp3) is 0.467. The van der Waals surface area contributed by atoms with Gasteiger partial charge in [0.2, 0.25) is 11.8 Å². The number of hydrogen-bond donors (Lipinski definition) is 1. The molecule has 4 nitrogen and oxygen atoms in total. The van der Waals surface area contributed by atoms with Crippen molar-refractivity contribution in [1.29, 1.82) is 0 Å². The van der Waals surface area contributed by atoms with E-state index in [2.05, 4.69) is 19.2 Å². The van der Waals surface area contributed by atoms with Gasteiger partial charge in [-0.1, -0.05) is 26.0 Å². The van der Waals surface area contributed by atoms with Crippen LogP contribution in [0.1, 0.15) is 38.2 Å². The monoisotopic (exact) mass is 260 g/mol. The van der Waals surface area contributed by atoms with E-state index in [1.807, 2.05) is 24.3 Å². The van der Waals surface area contributed by atoms with Crippen molar-refractivity contribution in [3.8, 4) is 0 Å². The molecule has 2 amide bonds. The molecule has 1 fully saturated rings.